The quantitative estimate of drug-likeness (QED) is 0.597. The summed E-state index contributed by atoms with van der Waals surface area (Å²) in [4.78, 5) is 22.3. The Balaban J connectivity index is 2.54. The first kappa shape index (κ1) is 16.0. The summed E-state index contributed by atoms with van der Waals surface area (Å²) in [6.45, 7) is 1.27. The van der Waals surface area contributed by atoms with Gasteiger partial charge in [-0.05, 0) is 25.1 Å². The number of alkyl halides is 3. The predicted octanol–water partition coefficient (Wildman–Crippen LogP) is 2.61. The number of ether oxygens (including phenoxy) is 2. The maximum absolute atomic E-state index is 12.4. The summed E-state index contributed by atoms with van der Waals surface area (Å²) in [7, 11) is 0. The molecule has 1 aromatic rings. The Morgan fingerprint density at radius 2 is 1.95 bits per heavy atom. The van der Waals surface area contributed by atoms with Gasteiger partial charge in [0.2, 0.25) is 0 Å². The number of ketones is 1. The third-order valence-electron chi connectivity index (χ3n) is 2.21. The van der Waals surface area contributed by atoms with Crippen LogP contribution < -0.4 is 4.74 Å². The average molecular weight is 290 g/mol. The highest BCUT2D eigenvalue weighted by Crippen LogP contribution is 2.31. The molecule has 110 valence electrons. The van der Waals surface area contributed by atoms with Crippen molar-refractivity contribution in [3.8, 4) is 5.75 Å². The first-order valence-electron chi connectivity index (χ1n) is 5.80. The Kier molecular flexibility index (Phi) is 5.54. The minimum Gasteiger partial charge on any atom is -0.486 e. The highest BCUT2D eigenvalue weighted by atomic mass is 19.4. The highest BCUT2D eigenvalue weighted by Gasteiger charge is 2.30. The third kappa shape index (κ3) is 5.29. The molecule has 0 amide bonds. The number of benzene rings is 1. The number of rotatable bonds is 6. The van der Waals surface area contributed by atoms with Gasteiger partial charge < -0.3 is 9.47 Å². The molecule has 0 unspecified atom stereocenters. The van der Waals surface area contributed by atoms with E-state index >= 15 is 0 Å². The largest absolute Gasteiger partial charge is 0.486 e. The molecule has 1 rings (SSSR count). The lowest BCUT2D eigenvalue weighted by Crippen LogP contribution is -2.17. The standard InChI is InChI=1S/C13H13F3O4/c1-2-19-12(18)7-10(17)8-20-11-5-3-4-9(6-11)13(14,15)16/h3-6H,2,7-8H2,1H3. The van der Waals surface area contributed by atoms with Crippen molar-refractivity contribution >= 4 is 11.8 Å². The van der Waals surface area contributed by atoms with Gasteiger partial charge in [-0.2, -0.15) is 13.2 Å². The van der Waals surface area contributed by atoms with Crippen LogP contribution in [0.5, 0.6) is 5.75 Å². The predicted molar refractivity (Wildman–Crippen MR) is 63.2 cm³/mol. The van der Waals surface area contributed by atoms with Crippen molar-refractivity contribution in [2.24, 2.45) is 0 Å². The smallest absolute Gasteiger partial charge is 0.416 e. The molecule has 1 aromatic carbocycles. The molecule has 0 aliphatic heterocycles. The SMILES string of the molecule is CCOC(=O)CC(=O)COc1cccc(C(F)(F)F)c1. The van der Waals surface area contributed by atoms with Crippen molar-refractivity contribution in [3.63, 3.8) is 0 Å². The lowest BCUT2D eigenvalue weighted by Gasteiger charge is -2.09. The molecule has 0 fully saturated rings. The molecule has 4 nitrogen and oxygen atoms in total. The van der Waals surface area contributed by atoms with Crippen LogP contribution in [0.4, 0.5) is 13.2 Å². The monoisotopic (exact) mass is 290 g/mol. The van der Waals surface area contributed by atoms with Crippen LogP contribution in [0.3, 0.4) is 0 Å². The zero-order chi connectivity index (χ0) is 15.2. The normalized spacial score (nSPS) is 11.0. The second-order valence-corrected chi connectivity index (χ2v) is 3.83. The van der Waals surface area contributed by atoms with E-state index in [9.17, 15) is 22.8 Å². The zero-order valence-electron chi connectivity index (χ0n) is 10.7. The molecule has 20 heavy (non-hydrogen) atoms. The number of esters is 1. The fourth-order valence-electron chi connectivity index (χ4n) is 1.35. The molecule has 0 radical (unpaired) electrons. The average Bonchev–Trinajstić information content (AvgIpc) is 2.36. The van der Waals surface area contributed by atoms with E-state index in [1.807, 2.05) is 0 Å². The highest BCUT2D eigenvalue weighted by molar-refractivity contribution is 5.96. The van der Waals surface area contributed by atoms with Gasteiger partial charge in [0, 0.05) is 0 Å². The van der Waals surface area contributed by atoms with Crippen LogP contribution in [0.2, 0.25) is 0 Å². The molecule has 0 spiro atoms. The molecule has 0 bridgehead atoms. The maximum atomic E-state index is 12.4. The Morgan fingerprint density at radius 3 is 2.55 bits per heavy atom. The van der Waals surface area contributed by atoms with Crippen LogP contribution in [0.25, 0.3) is 0 Å². The van der Waals surface area contributed by atoms with Gasteiger partial charge in [-0.25, -0.2) is 0 Å². The van der Waals surface area contributed by atoms with Gasteiger partial charge in [0.05, 0.1) is 12.2 Å². The molecular weight excluding hydrogens is 277 g/mol. The summed E-state index contributed by atoms with van der Waals surface area (Å²) in [5.74, 6) is -1.34. The summed E-state index contributed by atoms with van der Waals surface area (Å²) >= 11 is 0. The fraction of sp³-hybridized carbons (Fsp3) is 0.385. The van der Waals surface area contributed by atoms with Gasteiger partial charge in [-0.15, -0.1) is 0 Å². The Bertz CT molecular complexity index is 483. The first-order chi connectivity index (χ1) is 9.32. The lowest BCUT2D eigenvalue weighted by atomic mass is 10.2. The van der Waals surface area contributed by atoms with E-state index in [4.69, 9.17) is 4.74 Å². The number of hydrogen-bond acceptors (Lipinski definition) is 4. The number of carbonyl (C=O) groups is 2. The lowest BCUT2D eigenvalue weighted by molar-refractivity contribution is -0.146. The van der Waals surface area contributed by atoms with Gasteiger partial charge in [0.25, 0.3) is 0 Å². The molecule has 0 saturated heterocycles. The van der Waals surface area contributed by atoms with Crippen molar-refractivity contribution in [3.05, 3.63) is 29.8 Å². The van der Waals surface area contributed by atoms with Gasteiger partial charge in [-0.3, -0.25) is 9.59 Å². The summed E-state index contributed by atoms with van der Waals surface area (Å²) in [6.07, 6.45) is -4.94. The number of halogens is 3. The van der Waals surface area contributed by atoms with Crippen LogP contribution in [0.1, 0.15) is 18.9 Å². The van der Waals surface area contributed by atoms with Crippen LogP contribution in [0, 0.1) is 0 Å². The maximum Gasteiger partial charge on any atom is 0.416 e. The van der Waals surface area contributed by atoms with Crippen LogP contribution in [-0.2, 0) is 20.5 Å². The van der Waals surface area contributed by atoms with E-state index in [2.05, 4.69) is 4.74 Å². The summed E-state index contributed by atoms with van der Waals surface area (Å²) in [5, 5.41) is 0. The summed E-state index contributed by atoms with van der Waals surface area (Å²) in [6, 6.07) is 4.16. The van der Waals surface area contributed by atoms with E-state index < -0.39 is 36.5 Å². The second kappa shape index (κ2) is 6.93. The molecule has 0 atom stereocenters. The van der Waals surface area contributed by atoms with E-state index in [1.165, 1.54) is 12.1 Å². The van der Waals surface area contributed by atoms with E-state index in [0.717, 1.165) is 12.1 Å². The topological polar surface area (TPSA) is 52.6 Å². The Morgan fingerprint density at radius 1 is 1.25 bits per heavy atom. The fourth-order valence-corrected chi connectivity index (χ4v) is 1.35. The second-order valence-electron chi connectivity index (χ2n) is 3.83. The first-order valence-corrected chi connectivity index (χ1v) is 5.80. The van der Waals surface area contributed by atoms with Crippen LogP contribution in [0.15, 0.2) is 24.3 Å². The van der Waals surface area contributed by atoms with Gasteiger partial charge in [0.15, 0.2) is 5.78 Å². The third-order valence-corrected chi connectivity index (χ3v) is 2.21. The number of carbonyl (C=O) groups excluding carboxylic acids is 2. The molecular formula is C13H13F3O4. The Hall–Kier alpha value is -2.05. The minimum atomic E-state index is -4.48. The summed E-state index contributed by atoms with van der Waals surface area (Å²) < 4.78 is 46.8. The van der Waals surface area contributed by atoms with E-state index in [-0.39, 0.29) is 12.4 Å². The zero-order valence-corrected chi connectivity index (χ0v) is 10.7. The molecule has 0 aliphatic rings. The van der Waals surface area contributed by atoms with Gasteiger partial charge in [-0.1, -0.05) is 6.07 Å². The minimum absolute atomic E-state index is 0.0861. The Labute approximate surface area is 113 Å². The van der Waals surface area contributed by atoms with Gasteiger partial charge >= 0.3 is 12.1 Å². The van der Waals surface area contributed by atoms with E-state index in [1.54, 1.807) is 6.92 Å². The van der Waals surface area contributed by atoms with Crippen LogP contribution in [-0.4, -0.2) is 25.0 Å². The molecule has 0 N–H and O–H groups in total. The molecule has 7 heteroatoms. The number of Topliss-reactive ketones (excluding diaryl/α,β-unsaturated/α-hetero) is 1. The van der Waals surface area contributed by atoms with Crippen molar-refractivity contribution in [1.29, 1.82) is 0 Å². The molecule has 0 heterocycles. The van der Waals surface area contributed by atoms with Crippen molar-refractivity contribution < 1.29 is 32.2 Å². The molecule has 0 aliphatic carbocycles. The number of hydrogen-bond donors (Lipinski definition) is 0. The summed E-state index contributed by atoms with van der Waals surface area (Å²) in [5.41, 5.74) is -0.868. The van der Waals surface area contributed by atoms with Crippen molar-refractivity contribution in [1.82, 2.24) is 0 Å². The molecule has 0 aromatic heterocycles. The molecule has 0 saturated carbocycles. The van der Waals surface area contributed by atoms with Gasteiger partial charge in [0.1, 0.15) is 18.8 Å². The van der Waals surface area contributed by atoms with Crippen molar-refractivity contribution in [2.45, 2.75) is 19.5 Å². The van der Waals surface area contributed by atoms with E-state index in [0.29, 0.717) is 0 Å². The van der Waals surface area contributed by atoms with Crippen molar-refractivity contribution in [2.75, 3.05) is 13.2 Å². The van der Waals surface area contributed by atoms with Crippen LogP contribution >= 0.6 is 0 Å².